The van der Waals surface area contributed by atoms with Crippen LogP contribution in [0.25, 0.3) is 23.0 Å². The molecule has 178 valence electrons. The van der Waals surface area contributed by atoms with E-state index >= 15 is 0 Å². The van der Waals surface area contributed by atoms with Crippen LogP contribution in [0.15, 0.2) is 34.9 Å². The first-order valence-electron chi connectivity index (χ1n) is 11.0. The number of nitrogens with zero attached hydrogens (tertiary/aromatic N) is 6. The van der Waals surface area contributed by atoms with E-state index in [0.29, 0.717) is 48.6 Å². The molecule has 1 fully saturated rings. The second-order valence-electron chi connectivity index (χ2n) is 8.11. The number of benzene rings is 1. The molecular formula is C22H31N7O3S. The van der Waals surface area contributed by atoms with Crippen LogP contribution in [0.4, 0.5) is 5.82 Å². The maximum atomic E-state index is 12.3. The van der Waals surface area contributed by atoms with Crippen molar-refractivity contribution in [3.63, 3.8) is 0 Å². The van der Waals surface area contributed by atoms with Gasteiger partial charge in [-0.05, 0) is 45.5 Å². The number of hydrogen-bond acceptors (Lipinski definition) is 9. The molecule has 2 aromatic heterocycles. The Labute approximate surface area is 195 Å². The van der Waals surface area contributed by atoms with E-state index in [-0.39, 0.29) is 13.2 Å². The Morgan fingerprint density at radius 2 is 1.91 bits per heavy atom. The fourth-order valence-corrected chi connectivity index (χ4v) is 5.23. The molecule has 1 aromatic carbocycles. The first-order valence-corrected chi connectivity index (χ1v) is 12.6. The van der Waals surface area contributed by atoms with E-state index in [2.05, 4.69) is 20.5 Å². The molecule has 33 heavy (non-hydrogen) atoms. The standard InChI is InChI=1S/C22H29N7O3S.H2/c1-5-33(30,31)29-11-10-28(14-15(29)2)19-13-24-16(3)20(25-19)22-27-26-21(32-22)18-8-6-17(7-9-18)12-23-4;/h6-9,13,15,23H,5,10-12,14H2,1-4H3;1H/t15-;/m0./s1. The van der Waals surface area contributed by atoms with E-state index in [4.69, 9.17) is 9.40 Å². The van der Waals surface area contributed by atoms with Crippen molar-refractivity contribution in [3.8, 4) is 23.0 Å². The molecule has 4 rings (SSSR count). The van der Waals surface area contributed by atoms with E-state index in [0.717, 1.165) is 17.7 Å². The summed E-state index contributed by atoms with van der Waals surface area (Å²) in [4.78, 5) is 11.3. The normalized spacial score (nSPS) is 17.5. The lowest BCUT2D eigenvalue weighted by Gasteiger charge is -2.39. The zero-order valence-corrected chi connectivity index (χ0v) is 20.1. The summed E-state index contributed by atoms with van der Waals surface area (Å²) < 4.78 is 32.1. The second kappa shape index (κ2) is 9.54. The van der Waals surface area contributed by atoms with Crippen LogP contribution in [0.3, 0.4) is 0 Å². The SMILES string of the molecule is CCS(=O)(=O)N1CCN(c2cnc(C)c(-c3nnc(-c4ccc(CNC)cc4)o3)n2)C[C@@H]1C.[HH]. The summed E-state index contributed by atoms with van der Waals surface area (Å²) in [6.45, 7) is 7.69. The fourth-order valence-electron chi connectivity index (χ4n) is 3.93. The topological polar surface area (TPSA) is 117 Å². The summed E-state index contributed by atoms with van der Waals surface area (Å²) in [6.07, 6.45) is 1.70. The van der Waals surface area contributed by atoms with Crippen molar-refractivity contribution in [2.45, 2.75) is 33.4 Å². The van der Waals surface area contributed by atoms with Gasteiger partial charge in [0.05, 0.1) is 17.6 Å². The number of piperazine rings is 1. The zero-order valence-electron chi connectivity index (χ0n) is 19.3. The fraction of sp³-hybridized carbons (Fsp3) is 0.455. The molecule has 3 heterocycles. The van der Waals surface area contributed by atoms with Crippen LogP contribution in [-0.2, 0) is 16.6 Å². The minimum Gasteiger partial charge on any atom is -0.415 e. The highest BCUT2D eigenvalue weighted by atomic mass is 32.2. The predicted molar refractivity (Wildman–Crippen MR) is 128 cm³/mol. The van der Waals surface area contributed by atoms with Gasteiger partial charge < -0.3 is 14.6 Å². The maximum Gasteiger partial charge on any atom is 0.268 e. The summed E-state index contributed by atoms with van der Waals surface area (Å²) in [5.74, 6) is 1.48. The Morgan fingerprint density at radius 1 is 1.18 bits per heavy atom. The molecule has 10 nitrogen and oxygen atoms in total. The van der Waals surface area contributed by atoms with Crippen LogP contribution in [0, 0.1) is 6.92 Å². The van der Waals surface area contributed by atoms with Crippen LogP contribution in [-0.4, -0.2) is 71.4 Å². The third-order valence-corrected chi connectivity index (χ3v) is 7.75. The zero-order chi connectivity index (χ0) is 23.6. The molecule has 0 bridgehead atoms. The highest BCUT2D eigenvalue weighted by Crippen LogP contribution is 2.27. The summed E-state index contributed by atoms with van der Waals surface area (Å²) in [7, 11) is -1.32. The number of sulfonamides is 1. The number of aromatic nitrogens is 4. The Kier molecular flexibility index (Phi) is 6.73. The number of rotatable bonds is 7. The van der Waals surface area contributed by atoms with E-state index in [1.54, 1.807) is 17.4 Å². The molecule has 0 saturated carbocycles. The van der Waals surface area contributed by atoms with Crippen molar-refractivity contribution in [3.05, 3.63) is 41.7 Å². The van der Waals surface area contributed by atoms with Gasteiger partial charge in [0, 0.05) is 39.2 Å². The molecule has 0 radical (unpaired) electrons. The third-order valence-electron chi connectivity index (χ3n) is 5.76. The van der Waals surface area contributed by atoms with E-state index < -0.39 is 10.0 Å². The lowest BCUT2D eigenvalue weighted by molar-refractivity contribution is 0.306. The Morgan fingerprint density at radius 3 is 2.58 bits per heavy atom. The lowest BCUT2D eigenvalue weighted by atomic mass is 10.1. The maximum absolute atomic E-state index is 12.3. The van der Waals surface area contributed by atoms with Gasteiger partial charge in [0.25, 0.3) is 5.89 Å². The summed E-state index contributed by atoms with van der Waals surface area (Å²) in [6, 6.07) is 7.77. The predicted octanol–water partition coefficient (Wildman–Crippen LogP) is 2.33. The second-order valence-corrected chi connectivity index (χ2v) is 10.3. The van der Waals surface area contributed by atoms with Crippen LogP contribution in [0.1, 0.15) is 26.5 Å². The van der Waals surface area contributed by atoms with E-state index in [1.807, 2.05) is 50.1 Å². The van der Waals surface area contributed by atoms with Crippen LogP contribution in [0.2, 0.25) is 0 Å². The molecule has 0 amide bonds. The molecule has 1 aliphatic heterocycles. The van der Waals surface area contributed by atoms with Crippen molar-refractivity contribution in [1.29, 1.82) is 0 Å². The summed E-state index contributed by atoms with van der Waals surface area (Å²) in [5.41, 5.74) is 3.20. The van der Waals surface area contributed by atoms with Gasteiger partial charge in [0.2, 0.25) is 15.9 Å². The summed E-state index contributed by atoms with van der Waals surface area (Å²) in [5, 5.41) is 11.5. The first-order chi connectivity index (χ1) is 15.8. The van der Waals surface area contributed by atoms with Crippen LogP contribution < -0.4 is 10.2 Å². The first kappa shape index (κ1) is 23.3. The van der Waals surface area contributed by atoms with E-state index in [9.17, 15) is 8.42 Å². The lowest BCUT2D eigenvalue weighted by Crippen LogP contribution is -2.54. The van der Waals surface area contributed by atoms with Gasteiger partial charge in [-0.1, -0.05) is 12.1 Å². The van der Waals surface area contributed by atoms with Gasteiger partial charge in [-0.25, -0.2) is 13.4 Å². The van der Waals surface area contributed by atoms with Crippen molar-refractivity contribution < 1.29 is 14.3 Å². The average molecular weight is 474 g/mol. The average Bonchev–Trinajstić information content (AvgIpc) is 3.30. The Hall–Kier alpha value is -2.89. The molecule has 1 N–H and O–H groups in total. The highest BCUT2D eigenvalue weighted by molar-refractivity contribution is 7.89. The highest BCUT2D eigenvalue weighted by Gasteiger charge is 2.32. The van der Waals surface area contributed by atoms with Crippen molar-refractivity contribution in [2.24, 2.45) is 0 Å². The minimum absolute atomic E-state index is 0. The molecule has 0 unspecified atom stereocenters. The smallest absolute Gasteiger partial charge is 0.268 e. The number of hydrogen-bond donors (Lipinski definition) is 1. The minimum atomic E-state index is -3.23. The van der Waals surface area contributed by atoms with Gasteiger partial charge in [-0.15, -0.1) is 10.2 Å². The van der Waals surface area contributed by atoms with Gasteiger partial charge in [0.15, 0.2) is 5.69 Å². The molecule has 1 aliphatic rings. The molecule has 11 heteroatoms. The van der Waals surface area contributed by atoms with E-state index in [1.165, 1.54) is 0 Å². The number of nitrogens with one attached hydrogen (secondary N) is 1. The summed E-state index contributed by atoms with van der Waals surface area (Å²) >= 11 is 0. The van der Waals surface area contributed by atoms with Gasteiger partial charge >= 0.3 is 0 Å². The Balaban J connectivity index is 0.00000324. The quantitative estimate of drug-likeness (QED) is 0.551. The number of anilines is 1. The van der Waals surface area contributed by atoms with Crippen molar-refractivity contribution in [1.82, 2.24) is 29.8 Å². The van der Waals surface area contributed by atoms with Crippen molar-refractivity contribution >= 4 is 15.8 Å². The Bertz CT molecular complexity index is 1220. The molecule has 3 aromatic rings. The largest absolute Gasteiger partial charge is 0.415 e. The van der Waals surface area contributed by atoms with Crippen LogP contribution >= 0.6 is 0 Å². The van der Waals surface area contributed by atoms with Gasteiger partial charge in [-0.2, -0.15) is 4.31 Å². The monoisotopic (exact) mass is 473 g/mol. The van der Waals surface area contributed by atoms with Gasteiger partial charge in [0.1, 0.15) is 5.82 Å². The molecular weight excluding hydrogens is 442 g/mol. The third kappa shape index (κ3) is 4.90. The molecule has 1 saturated heterocycles. The van der Waals surface area contributed by atoms with Crippen molar-refractivity contribution in [2.75, 3.05) is 37.3 Å². The molecule has 0 spiro atoms. The number of aryl methyl sites for hydroxylation is 1. The van der Waals surface area contributed by atoms with Crippen LogP contribution in [0.5, 0.6) is 0 Å². The molecule has 1 atom stereocenters. The van der Waals surface area contributed by atoms with Gasteiger partial charge in [-0.3, -0.25) is 4.98 Å². The molecule has 0 aliphatic carbocycles.